The van der Waals surface area contributed by atoms with Gasteiger partial charge in [-0.05, 0) is 44.0 Å². The fraction of sp³-hybridized carbons (Fsp3) is 0.476. The van der Waals surface area contributed by atoms with Crippen LogP contribution in [-0.4, -0.2) is 52.0 Å². The van der Waals surface area contributed by atoms with Crippen molar-refractivity contribution in [2.24, 2.45) is 7.05 Å². The Morgan fingerprint density at radius 2 is 1.80 bits per heavy atom. The highest BCUT2D eigenvalue weighted by molar-refractivity contribution is 5.94. The van der Waals surface area contributed by atoms with E-state index in [1.807, 2.05) is 46.8 Å². The third-order valence-corrected chi connectivity index (χ3v) is 5.88. The summed E-state index contributed by atoms with van der Waals surface area (Å²) in [5, 5.41) is 0. The summed E-state index contributed by atoms with van der Waals surface area (Å²) in [6.45, 7) is 5.26. The lowest BCUT2D eigenvalue weighted by Gasteiger charge is -2.49. The van der Waals surface area contributed by atoms with Crippen molar-refractivity contribution in [1.82, 2.24) is 14.4 Å². The first-order valence-corrected chi connectivity index (χ1v) is 9.41. The molecule has 4 nitrogen and oxygen atoms in total. The molecule has 2 aromatic rings. The zero-order valence-electron chi connectivity index (χ0n) is 15.2. The van der Waals surface area contributed by atoms with Gasteiger partial charge in [-0.1, -0.05) is 36.8 Å². The minimum Gasteiger partial charge on any atom is -0.340 e. The average molecular weight is 337 g/mol. The Morgan fingerprint density at radius 1 is 1.04 bits per heavy atom. The zero-order valence-corrected chi connectivity index (χ0v) is 15.2. The smallest absolute Gasteiger partial charge is 0.270 e. The van der Waals surface area contributed by atoms with Crippen LogP contribution in [-0.2, 0) is 7.05 Å². The van der Waals surface area contributed by atoms with E-state index in [1.54, 1.807) is 0 Å². The van der Waals surface area contributed by atoms with E-state index in [9.17, 15) is 4.79 Å². The molecule has 4 rings (SSSR count). The lowest BCUT2D eigenvalue weighted by molar-refractivity contribution is 0.00163. The fourth-order valence-electron chi connectivity index (χ4n) is 4.28. The summed E-state index contributed by atoms with van der Waals surface area (Å²) in [6.07, 6.45) is 3.94. The maximum Gasteiger partial charge on any atom is 0.270 e. The van der Waals surface area contributed by atoms with Crippen LogP contribution in [0.1, 0.15) is 36.7 Å². The van der Waals surface area contributed by atoms with Gasteiger partial charge in [-0.2, -0.15) is 0 Å². The second kappa shape index (κ2) is 6.68. The summed E-state index contributed by atoms with van der Waals surface area (Å²) in [5.74, 6) is 0.158. The van der Waals surface area contributed by atoms with Crippen molar-refractivity contribution in [3.8, 4) is 11.3 Å². The molecule has 0 spiro atoms. The van der Waals surface area contributed by atoms with E-state index in [4.69, 9.17) is 0 Å². The summed E-state index contributed by atoms with van der Waals surface area (Å²) in [7, 11) is 1.99. The van der Waals surface area contributed by atoms with Crippen molar-refractivity contribution in [3.63, 3.8) is 0 Å². The monoisotopic (exact) mass is 337 g/mol. The number of likely N-dealkylation sites (tertiary alicyclic amines) is 2. The molecule has 25 heavy (non-hydrogen) atoms. The Morgan fingerprint density at radius 3 is 2.52 bits per heavy atom. The molecule has 1 aromatic carbocycles. The van der Waals surface area contributed by atoms with Crippen LogP contribution in [0.3, 0.4) is 0 Å². The molecule has 0 radical (unpaired) electrons. The van der Waals surface area contributed by atoms with E-state index in [2.05, 4.69) is 24.0 Å². The van der Waals surface area contributed by atoms with Crippen LogP contribution in [0.2, 0.25) is 0 Å². The molecule has 1 unspecified atom stereocenters. The minimum absolute atomic E-state index is 0.158. The van der Waals surface area contributed by atoms with Crippen molar-refractivity contribution in [2.45, 2.75) is 38.3 Å². The van der Waals surface area contributed by atoms with E-state index in [0.717, 1.165) is 30.0 Å². The molecule has 0 N–H and O–H groups in total. The molecule has 3 heterocycles. The number of hydrogen-bond donors (Lipinski definition) is 0. The second-order valence-corrected chi connectivity index (χ2v) is 7.48. The number of nitrogens with zero attached hydrogens (tertiary/aromatic N) is 3. The van der Waals surface area contributed by atoms with E-state index in [-0.39, 0.29) is 5.91 Å². The summed E-state index contributed by atoms with van der Waals surface area (Å²) < 4.78 is 2.02. The van der Waals surface area contributed by atoms with Gasteiger partial charge >= 0.3 is 0 Å². The van der Waals surface area contributed by atoms with E-state index < -0.39 is 0 Å². The van der Waals surface area contributed by atoms with Crippen molar-refractivity contribution < 1.29 is 4.79 Å². The second-order valence-electron chi connectivity index (χ2n) is 7.48. The molecular weight excluding hydrogens is 310 g/mol. The van der Waals surface area contributed by atoms with Crippen molar-refractivity contribution in [1.29, 1.82) is 0 Å². The number of carbonyl (C=O) groups is 1. The summed E-state index contributed by atoms with van der Waals surface area (Å²) in [6, 6.07) is 15.5. The first kappa shape index (κ1) is 16.4. The number of hydrogen-bond acceptors (Lipinski definition) is 2. The molecule has 0 saturated carbocycles. The summed E-state index contributed by atoms with van der Waals surface area (Å²) in [4.78, 5) is 17.5. The first-order chi connectivity index (χ1) is 12.1. The van der Waals surface area contributed by atoms with Gasteiger partial charge in [-0.25, -0.2) is 0 Å². The largest absolute Gasteiger partial charge is 0.340 e. The topological polar surface area (TPSA) is 28.5 Å². The standard InChI is InChI=1S/C21H27N3O/c1-16-8-6-7-13-24(16)18-14-23(15-18)21(25)20-12-11-19(22(20)2)17-9-4-3-5-10-17/h3-5,9-12,16,18H,6-8,13-15H2,1-2H3. The van der Waals surface area contributed by atoms with Crippen molar-refractivity contribution >= 4 is 5.91 Å². The maximum atomic E-state index is 12.9. The van der Waals surface area contributed by atoms with E-state index in [0.29, 0.717) is 12.1 Å². The molecule has 132 valence electrons. The lowest BCUT2D eigenvalue weighted by Crippen LogP contribution is -2.63. The molecule has 1 atom stereocenters. The molecular formula is C21H27N3O. The highest BCUT2D eigenvalue weighted by Crippen LogP contribution is 2.27. The Hall–Kier alpha value is -2.07. The summed E-state index contributed by atoms with van der Waals surface area (Å²) >= 11 is 0. The number of aromatic nitrogens is 1. The van der Waals surface area contributed by atoms with Crippen LogP contribution in [0.25, 0.3) is 11.3 Å². The van der Waals surface area contributed by atoms with Gasteiger partial charge in [0.05, 0.1) is 0 Å². The number of rotatable bonds is 3. The summed E-state index contributed by atoms with van der Waals surface area (Å²) in [5.41, 5.74) is 3.02. The molecule has 2 aliphatic heterocycles. The number of carbonyl (C=O) groups excluding carboxylic acids is 1. The Bertz CT molecular complexity index is 746. The van der Waals surface area contributed by atoms with Crippen LogP contribution in [0.15, 0.2) is 42.5 Å². The SMILES string of the molecule is CC1CCCCN1C1CN(C(=O)c2ccc(-c3ccccc3)n2C)C1. The predicted molar refractivity (Wildman–Crippen MR) is 101 cm³/mol. The normalized spacial score (nSPS) is 22.0. The molecule has 2 aliphatic rings. The number of amides is 1. The Kier molecular flexibility index (Phi) is 4.38. The van der Waals surface area contributed by atoms with Gasteiger partial charge in [0.15, 0.2) is 0 Å². The van der Waals surface area contributed by atoms with E-state index >= 15 is 0 Å². The van der Waals surface area contributed by atoms with Crippen molar-refractivity contribution in [2.75, 3.05) is 19.6 Å². The zero-order chi connectivity index (χ0) is 17.4. The molecule has 0 bridgehead atoms. The third-order valence-electron chi connectivity index (χ3n) is 5.88. The molecule has 4 heteroatoms. The van der Waals surface area contributed by atoms with E-state index in [1.165, 1.54) is 25.8 Å². The number of piperidine rings is 1. The molecule has 1 aromatic heterocycles. The van der Waals surface area contributed by atoms with Gasteiger partial charge in [0.2, 0.25) is 0 Å². The van der Waals surface area contributed by atoms with Gasteiger partial charge in [0.25, 0.3) is 5.91 Å². The minimum atomic E-state index is 0.158. The fourth-order valence-corrected chi connectivity index (χ4v) is 4.28. The lowest BCUT2D eigenvalue weighted by atomic mass is 9.97. The van der Waals surface area contributed by atoms with Crippen LogP contribution in [0, 0.1) is 0 Å². The Labute approximate surface area is 150 Å². The Balaban J connectivity index is 1.44. The van der Waals surface area contributed by atoms with Crippen LogP contribution >= 0.6 is 0 Å². The van der Waals surface area contributed by atoms with Gasteiger partial charge in [-0.3, -0.25) is 9.69 Å². The van der Waals surface area contributed by atoms with Gasteiger partial charge in [0.1, 0.15) is 5.69 Å². The molecule has 1 amide bonds. The molecule has 0 aliphatic carbocycles. The van der Waals surface area contributed by atoms with Crippen LogP contribution in [0.4, 0.5) is 0 Å². The quantitative estimate of drug-likeness (QED) is 0.859. The van der Waals surface area contributed by atoms with Crippen molar-refractivity contribution in [3.05, 3.63) is 48.2 Å². The predicted octanol–water partition coefficient (Wildman–Crippen LogP) is 3.39. The molecule has 2 fully saturated rings. The molecule has 2 saturated heterocycles. The first-order valence-electron chi connectivity index (χ1n) is 9.41. The van der Waals surface area contributed by atoms with Gasteiger partial charge in [0, 0.05) is 37.9 Å². The number of benzene rings is 1. The third kappa shape index (κ3) is 2.99. The van der Waals surface area contributed by atoms with Gasteiger partial charge < -0.3 is 9.47 Å². The average Bonchev–Trinajstić information content (AvgIpc) is 2.97. The highest BCUT2D eigenvalue weighted by Gasteiger charge is 2.38. The van der Waals surface area contributed by atoms with Crippen LogP contribution in [0.5, 0.6) is 0 Å². The highest BCUT2D eigenvalue weighted by atomic mass is 16.2. The van der Waals surface area contributed by atoms with Gasteiger partial charge in [-0.15, -0.1) is 0 Å². The van der Waals surface area contributed by atoms with Crippen LogP contribution < -0.4 is 0 Å². The maximum absolute atomic E-state index is 12.9.